The van der Waals surface area contributed by atoms with Gasteiger partial charge in [-0.2, -0.15) is 0 Å². The molecule has 3 aromatic carbocycles. The van der Waals surface area contributed by atoms with Crippen LogP contribution in [0.2, 0.25) is 0 Å². The molecule has 0 bridgehead atoms. The third kappa shape index (κ3) is 4.82. The van der Waals surface area contributed by atoms with Crippen LogP contribution in [0.15, 0.2) is 85.1 Å². The van der Waals surface area contributed by atoms with Gasteiger partial charge >= 0.3 is 0 Å². The predicted octanol–water partition coefficient (Wildman–Crippen LogP) is 5.70. The van der Waals surface area contributed by atoms with E-state index in [2.05, 4.69) is 101 Å². The monoisotopic (exact) mass is 381 g/mol. The van der Waals surface area contributed by atoms with Crippen molar-refractivity contribution in [3.8, 4) is 0 Å². The normalized spacial score (nSPS) is 10.9. The van der Waals surface area contributed by atoms with Crippen LogP contribution < -0.4 is 10.6 Å². The summed E-state index contributed by atoms with van der Waals surface area (Å²) in [6.07, 6.45) is 2.91. The van der Waals surface area contributed by atoms with Crippen molar-refractivity contribution in [1.82, 2.24) is 10.3 Å². The molecule has 4 rings (SSSR count). The molecule has 0 unspecified atom stereocenters. The number of aryl methyl sites for hydroxylation is 1. The molecule has 3 nitrogen and oxygen atoms in total. The van der Waals surface area contributed by atoms with E-state index in [9.17, 15) is 0 Å². The zero-order valence-corrected chi connectivity index (χ0v) is 16.9. The van der Waals surface area contributed by atoms with Crippen LogP contribution >= 0.6 is 0 Å². The minimum atomic E-state index is 0.790. The molecule has 4 aromatic rings. The Morgan fingerprint density at radius 3 is 2.28 bits per heavy atom. The van der Waals surface area contributed by atoms with Gasteiger partial charge in [-0.05, 0) is 40.8 Å². The number of nitrogens with one attached hydrogen (secondary N) is 2. The molecule has 0 aliphatic carbocycles. The second kappa shape index (κ2) is 9.35. The lowest BCUT2D eigenvalue weighted by molar-refractivity contribution is 0.689. The summed E-state index contributed by atoms with van der Waals surface area (Å²) in [5.74, 6) is 0. The van der Waals surface area contributed by atoms with Crippen LogP contribution in [-0.2, 0) is 26.1 Å². The lowest BCUT2D eigenvalue weighted by atomic mass is 10.1. The van der Waals surface area contributed by atoms with E-state index in [1.165, 1.54) is 27.6 Å². The van der Waals surface area contributed by atoms with Gasteiger partial charge in [0.2, 0.25) is 0 Å². The number of fused-ring (bicyclic) bond motifs is 1. The van der Waals surface area contributed by atoms with Crippen LogP contribution in [0.3, 0.4) is 0 Å². The van der Waals surface area contributed by atoms with E-state index in [0.29, 0.717) is 0 Å². The summed E-state index contributed by atoms with van der Waals surface area (Å²) in [7, 11) is 0. The zero-order chi connectivity index (χ0) is 19.9. The molecule has 146 valence electrons. The highest BCUT2D eigenvalue weighted by Crippen LogP contribution is 2.24. The molecule has 0 fully saturated rings. The summed E-state index contributed by atoms with van der Waals surface area (Å²) in [6, 6.07) is 27.7. The van der Waals surface area contributed by atoms with Gasteiger partial charge in [-0.3, -0.25) is 4.98 Å². The number of aromatic nitrogens is 1. The van der Waals surface area contributed by atoms with Crippen molar-refractivity contribution in [2.45, 2.75) is 33.0 Å². The summed E-state index contributed by atoms with van der Waals surface area (Å²) in [6.45, 7) is 4.69. The van der Waals surface area contributed by atoms with Crippen molar-refractivity contribution >= 4 is 16.6 Å². The van der Waals surface area contributed by atoms with E-state index in [4.69, 9.17) is 0 Å². The number of anilines is 1. The Labute approximate surface area is 172 Å². The number of hydrogen-bond donors (Lipinski definition) is 2. The van der Waals surface area contributed by atoms with Gasteiger partial charge < -0.3 is 10.6 Å². The fourth-order valence-electron chi connectivity index (χ4n) is 3.60. The first-order valence-electron chi connectivity index (χ1n) is 10.3. The van der Waals surface area contributed by atoms with Gasteiger partial charge in [0.15, 0.2) is 0 Å². The van der Waals surface area contributed by atoms with Crippen LogP contribution in [0, 0.1) is 0 Å². The van der Waals surface area contributed by atoms with E-state index < -0.39 is 0 Å². The number of pyridine rings is 1. The topological polar surface area (TPSA) is 37.0 Å². The Morgan fingerprint density at radius 1 is 0.724 bits per heavy atom. The molecule has 29 heavy (non-hydrogen) atoms. The molecule has 0 aliphatic heterocycles. The summed E-state index contributed by atoms with van der Waals surface area (Å²) < 4.78 is 0. The van der Waals surface area contributed by atoms with E-state index in [-0.39, 0.29) is 0 Å². The second-order valence-electron chi connectivity index (χ2n) is 7.27. The van der Waals surface area contributed by atoms with Crippen LogP contribution in [0.1, 0.15) is 29.2 Å². The molecule has 0 amide bonds. The largest absolute Gasteiger partial charge is 0.380 e. The molecular formula is C26H27N3. The Bertz CT molecular complexity index is 1070. The Hall–Kier alpha value is -3.17. The van der Waals surface area contributed by atoms with E-state index in [1.807, 2.05) is 6.20 Å². The highest BCUT2D eigenvalue weighted by atomic mass is 14.9. The van der Waals surface area contributed by atoms with Gasteiger partial charge in [-0.25, -0.2) is 0 Å². The maximum atomic E-state index is 4.54. The zero-order valence-electron chi connectivity index (χ0n) is 16.9. The lowest BCUT2D eigenvalue weighted by Crippen LogP contribution is -2.15. The fourth-order valence-corrected chi connectivity index (χ4v) is 3.60. The predicted molar refractivity (Wildman–Crippen MR) is 122 cm³/mol. The fraction of sp³-hybridized carbons (Fsp3) is 0.192. The summed E-state index contributed by atoms with van der Waals surface area (Å²) in [5, 5.41) is 8.35. The van der Waals surface area contributed by atoms with Gasteiger partial charge in [-0.15, -0.1) is 0 Å². The molecule has 0 saturated carbocycles. The van der Waals surface area contributed by atoms with Crippen molar-refractivity contribution in [3.05, 3.63) is 107 Å². The van der Waals surface area contributed by atoms with Gasteiger partial charge in [0, 0.05) is 36.9 Å². The maximum absolute atomic E-state index is 4.54. The molecule has 0 aliphatic rings. The minimum Gasteiger partial charge on any atom is -0.380 e. The molecule has 3 heteroatoms. The Balaban J connectivity index is 1.44. The number of hydrogen-bond acceptors (Lipinski definition) is 3. The average Bonchev–Trinajstić information content (AvgIpc) is 2.78. The first-order chi connectivity index (χ1) is 14.3. The molecule has 2 N–H and O–H groups in total. The van der Waals surface area contributed by atoms with Crippen molar-refractivity contribution in [2.24, 2.45) is 0 Å². The van der Waals surface area contributed by atoms with Crippen molar-refractivity contribution in [2.75, 3.05) is 5.32 Å². The molecule has 0 saturated heterocycles. The summed E-state index contributed by atoms with van der Waals surface area (Å²) in [4.78, 5) is 4.54. The van der Waals surface area contributed by atoms with Crippen LogP contribution in [0.4, 0.5) is 5.69 Å². The highest BCUT2D eigenvalue weighted by molar-refractivity contribution is 5.91. The molecule has 1 aromatic heterocycles. The Kier molecular flexibility index (Phi) is 6.18. The van der Waals surface area contributed by atoms with Gasteiger partial charge in [0.25, 0.3) is 0 Å². The van der Waals surface area contributed by atoms with Crippen LogP contribution in [0.5, 0.6) is 0 Å². The van der Waals surface area contributed by atoms with E-state index in [0.717, 1.165) is 37.3 Å². The molecular weight excluding hydrogens is 354 g/mol. The number of rotatable bonds is 8. The number of nitrogens with zero attached hydrogens (tertiary/aromatic N) is 1. The third-order valence-corrected chi connectivity index (χ3v) is 5.29. The molecule has 0 atom stereocenters. The standard InChI is InChI=1S/C26H27N3/c1-2-20-12-13-24-25(14-15-28-26(24)16-20)29-19-23-11-7-6-10-22(23)18-27-17-21-8-4-3-5-9-21/h3-16,27H,2,17-19H2,1H3,(H,28,29). The summed E-state index contributed by atoms with van der Waals surface area (Å²) >= 11 is 0. The number of benzene rings is 3. The molecule has 1 heterocycles. The maximum Gasteiger partial charge on any atom is 0.0725 e. The van der Waals surface area contributed by atoms with Gasteiger partial charge in [-0.1, -0.05) is 73.7 Å². The van der Waals surface area contributed by atoms with Crippen LogP contribution in [-0.4, -0.2) is 4.98 Å². The smallest absolute Gasteiger partial charge is 0.0725 e. The SMILES string of the molecule is CCc1ccc2c(NCc3ccccc3CNCc3ccccc3)ccnc2c1. The first kappa shape index (κ1) is 19.2. The molecule has 0 spiro atoms. The van der Waals surface area contributed by atoms with Crippen LogP contribution in [0.25, 0.3) is 10.9 Å². The average molecular weight is 382 g/mol. The highest BCUT2D eigenvalue weighted by Gasteiger charge is 2.05. The van der Waals surface area contributed by atoms with Crippen molar-refractivity contribution < 1.29 is 0 Å². The van der Waals surface area contributed by atoms with Crippen molar-refractivity contribution in [3.63, 3.8) is 0 Å². The van der Waals surface area contributed by atoms with E-state index in [1.54, 1.807) is 0 Å². The minimum absolute atomic E-state index is 0.790. The molecule has 0 radical (unpaired) electrons. The lowest BCUT2D eigenvalue weighted by Gasteiger charge is -2.14. The first-order valence-corrected chi connectivity index (χ1v) is 10.3. The summed E-state index contributed by atoms with van der Waals surface area (Å²) in [5.41, 5.74) is 7.43. The third-order valence-electron chi connectivity index (χ3n) is 5.29. The van der Waals surface area contributed by atoms with E-state index >= 15 is 0 Å². The van der Waals surface area contributed by atoms with Gasteiger partial charge in [0.1, 0.15) is 0 Å². The second-order valence-corrected chi connectivity index (χ2v) is 7.27. The van der Waals surface area contributed by atoms with Crippen molar-refractivity contribution in [1.29, 1.82) is 0 Å². The van der Waals surface area contributed by atoms with Gasteiger partial charge in [0.05, 0.1) is 5.52 Å². The quantitative estimate of drug-likeness (QED) is 0.411. The Morgan fingerprint density at radius 2 is 1.48 bits per heavy atom.